The van der Waals surface area contributed by atoms with Gasteiger partial charge in [-0.15, -0.1) is 0 Å². The van der Waals surface area contributed by atoms with Gasteiger partial charge in [-0.3, -0.25) is 0 Å². The molecule has 1 nitrogen and oxygen atoms in total. The average Bonchev–Trinajstić information content (AvgIpc) is 2.28. The van der Waals surface area contributed by atoms with Gasteiger partial charge < -0.3 is 5.32 Å². The average molecular weight is 260 g/mol. The number of benzene rings is 1. The van der Waals surface area contributed by atoms with Crippen molar-refractivity contribution in [2.75, 3.05) is 6.54 Å². The van der Waals surface area contributed by atoms with Gasteiger partial charge in [0.15, 0.2) is 0 Å². The number of nitrogens with one attached hydrogen (secondary N) is 1. The quantitative estimate of drug-likeness (QED) is 0.772. The van der Waals surface area contributed by atoms with Crippen LogP contribution in [0.4, 0.5) is 0 Å². The summed E-state index contributed by atoms with van der Waals surface area (Å²) in [5.74, 6) is 0. The zero-order valence-corrected chi connectivity index (χ0v) is 11.4. The van der Waals surface area contributed by atoms with Gasteiger partial charge in [-0.05, 0) is 31.0 Å². The first-order valence-electron chi connectivity index (χ1n) is 5.88. The molecule has 0 heterocycles. The molecule has 3 heteroatoms. The van der Waals surface area contributed by atoms with Gasteiger partial charge in [-0.25, -0.2) is 0 Å². The Morgan fingerprint density at radius 2 is 1.94 bits per heavy atom. The van der Waals surface area contributed by atoms with E-state index in [2.05, 4.69) is 25.2 Å². The van der Waals surface area contributed by atoms with Crippen molar-refractivity contribution in [1.29, 1.82) is 0 Å². The number of hydrogen-bond acceptors (Lipinski definition) is 1. The van der Waals surface area contributed by atoms with Crippen LogP contribution in [-0.2, 0) is 0 Å². The van der Waals surface area contributed by atoms with Crippen LogP contribution in [0, 0.1) is 0 Å². The summed E-state index contributed by atoms with van der Waals surface area (Å²) in [6.45, 7) is 5.35. The molecular weight excluding hydrogens is 241 g/mol. The van der Waals surface area contributed by atoms with E-state index < -0.39 is 0 Å². The minimum atomic E-state index is 0.316. The van der Waals surface area contributed by atoms with Crippen molar-refractivity contribution >= 4 is 23.2 Å². The van der Waals surface area contributed by atoms with E-state index in [0.717, 1.165) is 31.4 Å². The fourth-order valence-electron chi connectivity index (χ4n) is 1.76. The molecule has 16 heavy (non-hydrogen) atoms. The third-order valence-electron chi connectivity index (χ3n) is 2.57. The Labute approximate surface area is 108 Å². The fraction of sp³-hybridized carbons (Fsp3) is 0.538. The summed E-state index contributed by atoms with van der Waals surface area (Å²) in [6.07, 6.45) is 3.34. The molecule has 1 aromatic rings. The molecule has 90 valence electrons. The molecule has 1 aromatic carbocycles. The molecule has 0 saturated heterocycles. The maximum Gasteiger partial charge on any atom is 0.0640 e. The van der Waals surface area contributed by atoms with Crippen LogP contribution in [0.3, 0.4) is 0 Å². The van der Waals surface area contributed by atoms with Gasteiger partial charge in [0.25, 0.3) is 0 Å². The van der Waals surface area contributed by atoms with Crippen molar-refractivity contribution in [2.24, 2.45) is 0 Å². The summed E-state index contributed by atoms with van der Waals surface area (Å²) in [4.78, 5) is 0. The second-order valence-corrected chi connectivity index (χ2v) is 4.72. The zero-order chi connectivity index (χ0) is 12.0. The summed E-state index contributed by atoms with van der Waals surface area (Å²) < 4.78 is 0. The fourth-order valence-corrected chi connectivity index (χ4v) is 2.20. The third kappa shape index (κ3) is 3.65. The second-order valence-electron chi connectivity index (χ2n) is 3.94. The molecule has 0 aromatic heterocycles. The lowest BCUT2D eigenvalue weighted by molar-refractivity contribution is 0.494. The molecule has 1 atom stereocenters. The first kappa shape index (κ1) is 13.8. The summed E-state index contributed by atoms with van der Waals surface area (Å²) >= 11 is 12.3. The molecule has 0 bridgehead atoms. The van der Waals surface area contributed by atoms with E-state index in [1.54, 1.807) is 0 Å². The highest BCUT2D eigenvalue weighted by Gasteiger charge is 2.14. The largest absolute Gasteiger partial charge is 0.310 e. The van der Waals surface area contributed by atoms with Gasteiger partial charge in [0, 0.05) is 6.04 Å². The summed E-state index contributed by atoms with van der Waals surface area (Å²) in [5, 5.41) is 4.84. The molecule has 0 fully saturated rings. The highest BCUT2D eigenvalue weighted by molar-refractivity contribution is 6.42. The molecule has 0 amide bonds. The normalized spacial score (nSPS) is 12.8. The van der Waals surface area contributed by atoms with Crippen LogP contribution in [0.15, 0.2) is 18.2 Å². The Morgan fingerprint density at radius 3 is 2.56 bits per heavy atom. The van der Waals surface area contributed by atoms with Crippen molar-refractivity contribution in [1.82, 2.24) is 5.32 Å². The van der Waals surface area contributed by atoms with Crippen LogP contribution in [0.1, 0.15) is 44.7 Å². The molecular formula is C13H19Cl2N. The number of rotatable bonds is 6. The lowest BCUT2D eigenvalue weighted by atomic mass is 10.0. The van der Waals surface area contributed by atoms with Crippen LogP contribution in [0.5, 0.6) is 0 Å². The first-order valence-corrected chi connectivity index (χ1v) is 6.63. The van der Waals surface area contributed by atoms with Crippen molar-refractivity contribution in [3.05, 3.63) is 33.8 Å². The van der Waals surface area contributed by atoms with E-state index in [1.165, 1.54) is 0 Å². The SMILES string of the molecule is CCCNC(CCC)c1cccc(Cl)c1Cl. The molecule has 1 rings (SSSR count). The van der Waals surface area contributed by atoms with Crippen molar-refractivity contribution in [2.45, 2.75) is 39.2 Å². The zero-order valence-electron chi connectivity index (χ0n) is 9.89. The van der Waals surface area contributed by atoms with Gasteiger partial charge in [-0.2, -0.15) is 0 Å². The van der Waals surface area contributed by atoms with Crippen molar-refractivity contribution < 1.29 is 0 Å². The summed E-state index contributed by atoms with van der Waals surface area (Å²) in [6, 6.07) is 6.16. The molecule has 0 aliphatic rings. The Kier molecular flexibility index (Phi) is 6.18. The molecule has 0 aliphatic heterocycles. The summed E-state index contributed by atoms with van der Waals surface area (Å²) in [7, 11) is 0. The predicted octanol–water partition coefficient (Wildman–Crippen LogP) is 4.83. The van der Waals surface area contributed by atoms with Crippen LogP contribution in [-0.4, -0.2) is 6.54 Å². The molecule has 0 aliphatic carbocycles. The highest BCUT2D eigenvalue weighted by atomic mass is 35.5. The number of hydrogen-bond donors (Lipinski definition) is 1. The van der Waals surface area contributed by atoms with Crippen LogP contribution < -0.4 is 5.32 Å². The number of halogens is 2. The lowest BCUT2D eigenvalue weighted by Crippen LogP contribution is -2.22. The van der Waals surface area contributed by atoms with E-state index in [1.807, 2.05) is 12.1 Å². The Bertz CT molecular complexity index is 326. The minimum Gasteiger partial charge on any atom is -0.310 e. The van der Waals surface area contributed by atoms with Crippen molar-refractivity contribution in [3.8, 4) is 0 Å². The van der Waals surface area contributed by atoms with Crippen LogP contribution in [0.25, 0.3) is 0 Å². The molecule has 1 N–H and O–H groups in total. The second kappa shape index (κ2) is 7.16. The molecule has 0 saturated carbocycles. The first-order chi connectivity index (χ1) is 7.70. The Morgan fingerprint density at radius 1 is 1.19 bits per heavy atom. The van der Waals surface area contributed by atoms with Crippen LogP contribution in [0.2, 0.25) is 10.0 Å². The van der Waals surface area contributed by atoms with Crippen molar-refractivity contribution in [3.63, 3.8) is 0 Å². The van der Waals surface area contributed by atoms with Gasteiger partial charge in [0.1, 0.15) is 0 Å². The van der Waals surface area contributed by atoms with Gasteiger partial charge in [0.2, 0.25) is 0 Å². The van der Waals surface area contributed by atoms with Crippen LogP contribution >= 0.6 is 23.2 Å². The van der Waals surface area contributed by atoms with Gasteiger partial charge in [0.05, 0.1) is 10.0 Å². The Balaban J connectivity index is 2.86. The highest BCUT2D eigenvalue weighted by Crippen LogP contribution is 2.31. The predicted molar refractivity (Wildman–Crippen MR) is 72.4 cm³/mol. The molecule has 0 radical (unpaired) electrons. The lowest BCUT2D eigenvalue weighted by Gasteiger charge is -2.20. The van der Waals surface area contributed by atoms with Gasteiger partial charge in [-0.1, -0.05) is 55.6 Å². The van der Waals surface area contributed by atoms with E-state index in [9.17, 15) is 0 Å². The van der Waals surface area contributed by atoms with E-state index in [0.29, 0.717) is 16.1 Å². The third-order valence-corrected chi connectivity index (χ3v) is 3.41. The maximum absolute atomic E-state index is 6.23. The topological polar surface area (TPSA) is 12.0 Å². The van der Waals surface area contributed by atoms with E-state index in [4.69, 9.17) is 23.2 Å². The summed E-state index contributed by atoms with van der Waals surface area (Å²) in [5.41, 5.74) is 1.12. The van der Waals surface area contributed by atoms with Gasteiger partial charge >= 0.3 is 0 Å². The molecule has 1 unspecified atom stereocenters. The monoisotopic (exact) mass is 259 g/mol. The smallest absolute Gasteiger partial charge is 0.0640 e. The standard InChI is InChI=1S/C13H19Cl2N/c1-3-6-12(16-9-4-2)10-7-5-8-11(14)13(10)15/h5,7-8,12,16H,3-4,6,9H2,1-2H3. The molecule has 0 spiro atoms. The van der Waals surface area contributed by atoms with E-state index in [-0.39, 0.29) is 0 Å². The minimum absolute atomic E-state index is 0.316. The van der Waals surface area contributed by atoms with E-state index >= 15 is 0 Å². The Hall–Kier alpha value is -0.240. The maximum atomic E-state index is 6.23.